The van der Waals surface area contributed by atoms with Crippen LogP contribution in [0.4, 0.5) is 0 Å². The molecule has 1 fully saturated rings. The third-order valence-electron chi connectivity index (χ3n) is 3.55. The molecule has 1 saturated carbocycles. The molecule has 1 aromatic rings. The molecule has 0 spiro atoms. The van der Waals surface area contributed by atoms with Crippen molar-refractivity contribution in [2.75, 3.05) is 0 Å². The maximum atomic E-state index is 6.25. The van der Waals surface area contributed by atoms with E-state index in [0.29, 0.717) is 6.04 Å². The molecule has 1 atom stereocenters. The molecule has 1 aliphatic rings. The highest BCUT2D eigenvalue weighted by Crippen LogP contribution is 2.28. The van der Waals surface area contributed by atoms with Gasteiger partial charge in [-0.3, -0.25) is 4.68 Å². The SMILES string of the molecule is Cc1cc(CC(N)C2CCCC2)n(C)n1. The van der Waals surface area contributed by atoms with Gasteiger partial charge in [0.25, 0.3) is 0 Å². The normalized spacial score (nSPS) is 19.7. The minimum atomic E-state index is 0.322. The van der Waals surface area contributed by atoms with E-state index in [0.717, 1.165) is 18.0 Å². The molecular weight excluding hydrogens is 186 g/mol. The first-order chi connectivity index (χ1) is 7.16. The van der Waals surface area contributed by atoms with Crippen molar-refractivity contribution in [2.45, 2.75) is 45.1 Å². The average Bonchev–Trinajstić information content (AvgIpc) is 2.76. The third kappa shape index (κ3) is 2.40. The Morgan fingerprint density at radius 3 is 2.73 bits per heavy atom. The van der Waals surface area contributed by atoms with Gasteiger partial charge in [-0.1, -0.05) is 12.8 Å². The average molecular weight is 207 g/mol. The fourth-order valence-corrected chi connectivity index (χ4v) is 2.65. The highest BCUT2D eigenvalue weighted by molar-refractivity contribution is 5.10. The van der Waals surface area contributed by atoms with Gasteiger partial charge in [0.15, 0.2) is 0 Å². The number of rotatable bonds is 3. The van der Waals surface area contributed by atoms with Crippen LogP contribution in [0.2, 0.25) is 0 Å². The zero-order valence-electron chi connectivity index (χ0n) is 9.74. The Bertz CT molecular complexity index is 324. The Balaban J connectivity index is 1.98. The standard InChI is InChI=1S/C12H21N3/c1-9-7-11(15(2)14-9)8-12(13)10-5-3-4-6-10/h7,10,12H,3-6,8,13H2,1-2H3. The third-order valence-corrected chi connectivity index (χ3v) is 3.55. The summed E-state index contributed by atoms with van der Waals surface area (Å²) in [6, 6.07) is 2.47. The molecule has 3 heteroatoms. The lowest BCUT2D eigenvalue weighted by Gasteiger charge is -2.18. The van der Waals surface area contributed by atoms with Crippen molar-refractivity contribution in [1.29, 1.82) is 0 Å². The number of nitrogens with two attached hydrogens (primary N) is 1. The molecule has 2 rings (SSSR count). The van der Waals surface area contributed by atoms with E-state index in [2.05, 4.69) is 11.2 Å². The van der Waals surface area contributed by atoms with E-state index in [-0.39, 0.29) is 0 Å². The summed E-state index contributed by atoms with van der Waals surface area (Å²) >= 11 is 0. The van der Waals surface area contributed by atoms with Gasteiger partial charge in [-0.05, 0) is 31.7 Å². The summed E-state index contributed by atoms with van der Waals surface area (Å²) in [5.41, 5.74) is 8.61. The number of nitrogens with zero attached hydrogens (tertiary/aromatic N) is 2. The molecule has 3 nitrogen and oxygen atoms in total. The van der Waals surface area contributed by atoms with Crippen LogP contribution in [0.15, 0.2) is 6.07 Å². The summed E-state index contributed by atoms with van der Waals surface area (Å²) in [7, 11) is 2.00. The first-order valence-corrected chi connectivity index (χ1v) is 5.92. The van der Waals surface area contributed by atoms with Gasteiger partial charge >= 0.3 is 0 Å². The first-order valence-electron chi connectivity index (χ1n) is 5.92. The summed E-state index contributed by atoms with van der Waals surface area (Å²) in [6.45, 7) is 2.03. The molecular formula is C12H21N3. The molecule has 1 aliphatic carbocycles. The van der Waals surface area contributed by atoms with Crippen LogP contribution >= 0.6 is 0 Å². The smallest absolute Gasteiger partial charge is 0.0596 e. The zero-order valence-corrected chi connectivity index (χ0v) is 9.74. The second-order valence-corrected chi connectivity index (χ2v) is 4.81. The summed E-state index contributed by atoms with van der Waals surface area (Å²) in [4.78, 5) is 0. The molecule has 15 heavy (non-hydrogen) atoms. The van der Waals surface area contributed by atoms with Gasteiger partial charge < -0.3 is 5.73 Å². The van der Waals surface area contributed by atoms with E-state index in [4.69, 9.17) is 5.73 Å². The van der Waals surface area contributed by atoms with Crippen molar-refractivity contribution in [2.24, 2.45) is 18.7 Å². The molecule has 84 valence electrons. The maximum absolute atomic E-state index is 6.25. The van der Waals surface area contributed by atoms with Gasteiger partial charge in [0.2, 0.25) is 0 Å². The van der Waals surface area contributed by atoms with Gasteiger partial charge in [0.1, 0.15) is 0 Å². The Hall–Kier alpha value is -0.830. The molecule has 1 unspecified atom stereocenters. The van der Waals surface area contributed by atoms with Crippen LogP contribution in [-0.2, 0) is 13.5 Å². The highest BCUT2D eigenvalue weighted by Gasteiger charge is 2.22. The summed E-state index contributed by atoms with van der Waals surface area (Å²) in [5.74, 6) is 0.736. The van der Waals surface area contributed by atoms with Gasteiger partial charge in [0.05, 0.1) is 5.69 Å². The van der Waals surface area contributed by atoms with Gasteiger partial charge in [-0.25, -0.2) is 0 Å². The molecule has 0 amide bonds. The predicted octanol–water partition coefficient (Wildman–Crippen LogP) is 1.79. The van der Waals surface area contributed by atoms with Gasteiger partial charge in [-0.15, -0.1) is 0 Å². The fourth-order valence-electron chi connectivity index (χ4n) is 2.65. The van der Waals surface area contributed by atoms with Crippen LogP contribution in [0.3, 0.4) is 0 Å². The number of hydrogen-bond donors (Lipinski definition) is 1. The van der Waals surface area contributed by atoms with Crippen LogP contribution in [0, 0.1) is 12.8 Å². The lowest BCUT2D eigenvalue weighted by Crippen LogP contribution is -2.31. The van der Waals surface area contributed by atoms with E-state index in [1.54, 1.807) is 0 Å². The molecule has 0 saturated heterocycles. The minimum absolute atomic E-state index is 0.322. The van der Waals surface area contributed by atoms with Crippen molar-refractivity contribution in [3.05, 3.63) is 17.5 Å². The van der Waals surface area contributed by atoms with Crippen molar-refractivity contribution in [3.8, 4) is 0 Å². The first kappa shape index (κ1) is 10.7. The van der Waals surface area contributed by atoms with Crippen LogP contribution in [0.5, 0.6) is 0 Å². The van der Waals surface area contributed by atoms with Crippen molar-refractivity contribution in [3.63, 3.8) is 0 Å². The molecule has 0 aliphatic heterocycles. The van der Waals surface area contributed by atoms with Crippen LogP contribution in [-0.4, -0.2) is 15.8 Å². The van der Waals surface area contributed by atoms with Crippen molar-refractivity contribution >= 4 is 0 Å². The quantitative estimate of drug-likeness (QED) is 0.821. The summed E-state index contributed by atoms with van der Waals surface area (Å²) in [6.07, 6.45) is 6.34. The molecule has 1 heterocycles. The second kappa shape index (κ2) is 4.35. The lowest BCUT2D eigenvalue weighted by molar-refractivity contribution is 0.421. The molecule has 0 aromatic carbocycles. The fraction of sp³-hybridized carbons (Fsp3) is 0.750. The minimum Gasteiger partial charge on any atom is -0.327 e. The van der Waals surface area contributed by atoms with Crippen molar-refractivity contribution < 1.29 is 0 Å². The van der Waals surface area contributed by atoms with Crippen LogP contribution in [0.25, 0.3) is 0 Å². The highest BCUT2D eigenvalue weighted by atomic mass is 15.3. The van der Waals surface area contributed by atoms with E-state index in [1.165, 1.54) is 31.4 Å². The van der Waals surface area contributed by atoms with E-state index in [1.807, 2.05) is 18.7 Å². The van der Waals surface area contributed by atoms with E-state index < -0.39 is 0 Å². The van der Waals surface area contributed by atoms with Gasteiger partial charge in [0, 0.05) is 25.2 Å². The maximum Gasteiger partial charge on any atom is 0.0596 e. The number of hydrogen-bond acceptors (Lipinski definition) is 2. The lowest BCUT2D eigenvalue weighted by atomic mass is 9.95. The predicted molar refractivity (Wildman–Crippen MR) is 61.6 cm³/mol. The van der Waals surface area contributed by atoms with Crippen LogP contribution in [0.1, 0.15) is 37.1 Å². The van der Waals surface area contributed by atoms with E-state index in [9.17, 15) is 0 Å². The summed E-state index contributed by atoms with van der Waals surface area (Å²) in [5, 5.41) is 4.35. The van der Waals surface area contributed by atoms with E-state index >= 15 is 0 Å². The number of aryl methyl sites for hydroxylation is 2. The Labute approximate surface area is 91.7 Å². The molecule has 0 bridgehead atoms. The van der Waals surface area contributed by atoms with Crippen LogP contribution < -0.4 is 5.73 Å². The topological polar surface area (TPSA) is 43.8 Å². The second-order valence-electron chi connectivity index (χ2n) is 4.81. The monoisotopic (exact) mass is 207 g/mol. The largest absolute Gasteiger partial charge is 0.327 e. The Kier molecular flexibility index (Phi) is 3.10. The van der Waals surface area contributed by atoms with Crippen molar-refractivity contribution in [1.82, 2.24) is 9.78 Å². The Morgan fingerprint density at radius 1 is 1.53 bits per heavy atom. The number of aromatic nitrogens is 2. The Morgan fingerprint density at radius 2 is 2.20 bits per heavy atom. The molecule has 2 N–H and O–H groups in total. The summed E-state index contributed by atoms with van der Waals surface area (Å²) < 4.78 is 1.96. The molecule has 1 aromatic heterocycles. The molecule has 0 radical (unpaired) electrons. The zero-order chi connectivity index (χ0) is 10.8. The van der Waals surface area contributed by atoms with Gasteiger partial charge in [-0.2, -0.15) is 5.10 Å².